The normalized spacial score (nSPS) is 14.4. The summed E-state index contributed by atoms with van der Waals surface area (Å²) in [5.74, 6) is 1.70. The fourth-order valence-electron chi connectivity index (χ4n) is 5.19. The highest BCUT2D eigenvalue weighted by Crippen LogP contribution is 2.30. The lowest BCUT2D eigenvalue weighted by Gasteiger charge is -2.35. The van der Waals surface area contributed by atoms with Crippen LogP contribution in [-0.4, -0.2) is 65.3 Å². The Hall–Kier alpha value is -3.64. The Morgan fingerprint density at radius 2 is 1.61 bits per heavy atom. The third-order valence-corrected chi connectivity index (χ3v) is 7.57. The van der Waals surface area contributed by atoms with Gasteiger partial charge in [-0.25, -0.2) is 4.68 Å². The largest absolute Gasteiger partial charge is 0.354 e. The summed E-state index contributed by atoms with van der Waals surface area (Å²) in [5, 5.41) is 7.26. The standard InChI is InChI=1S/C32H39N5O/c1-24(2)16-17-36(32(38)28-15-14-26-10-8-9-11-27(26)22-28)23-30-25(3)33-37(29-12-6-5-7-13-29)31(30)35-20-18-34(4)19-21-35/h5-15,22,24H,16-21,23H2,1-4H3. The molecule has 198 valence electrons. The number of benzene rings is 3. The fourth-order valence-corrected chi connectivity index (χ4v) is 5.19. The summed E-state index contributed by atoms with van der Waals surface area (Å²) in [7, 11) is 2.17. The van der Waals surface area contributed by atoms with Crippen LogP contribution in [-0.2, 0) is 6.54 Å². The molecule has 0 saturated carbocycles. The molecule has 3 aromatic carbocycles. The number of piperazine rings is 1. The monoisotopic (exact) mass is 509 g/mol. The van der Waals surface area contributed by atoms with E-state index in [9.17, 15) is 4.79 Å². The number of nitrogens with zero attached hydrogens (tertiary/aromatic N) is 5. The number of likely N-dealkylation sites (N-methyl/N-ethyl adjacent to an activating group) is 1. The fraction of sp³-hybridized carbons (Fsp3) is 0.375. The molecule has 5 rings (SSSR count). The van der Waals surface area contributed by atoms with Gasteiger partial charge in [0.2, 0.25) is 0 Å². The van der Waals surface area contributed by atoms with Gasteiger partial charge in [0.15, 0.2) is 0 Å². The maximum absolute atomic E-state index is 14.0. The topological polar surface area (TPSA) is 44.6 Å². The summed E-state index contributed by atoms with van der Waals surface area (Å²) in [6.45, 7) is 11.6. The molecule has 0 spiro atoms. The Balaban J connectivity index is 1.53. The summed E-state index contributed by atoms with van der Waals surface area (Å²) in [6.07, 6.45) is 0.953. The first kappa shape index (κ1) is 26.0. The molecule has 1 aromatic heterocycles. The van der Waals surface area contributed by atoms with Gasteiger partial charge in [0.1, 0.15) is 5.82 Å². The number of hydrogen-bond acceptors (Lipinski definition) is 4. The van der Waals surface area contributed by atoms with Crippen molar-refractivity contribution in [2.75, 3.05) is 44.7 Å². The lowest BCUT2D eigenvalue weighted by molar-refractivity contribution is 0.0735. The molecule has 6 nitrogen and oxygen atoms in total. The number of amides is 1. The quantitative estimate of drug-likeness (QED) is 0.302. The van der Waals surface area contributed by atoms with Crippen LogP contribution >= 0.6 is 0 Å². The van der Waals surface area contributed by atoms with E-state index in [1.165, 1.54) is 0 Å². The van der Waals surface area contributed by atoms with Crippen LogP contribution in [0.2, 0.25) is 0 Å². The van der Waals surface area contributed by atoms with E-state index in [4.69, 9.17) is 5.10 Å². The van der Waals surface area contributed by atoms with Gasteiger partial charge < -0.3 is 14.7 Å². The van der Waals surface area contributed by atoms with Crippen molar-refractivity contribution in [1.82, 2.24) is 19.6 Å². The molecule has 1 saturated heterocycles. The van der Waals surface area contributed by atoms with E-state index in [1.807, 2.05) is 35.2 Å². The molecule has 0 N–H and O–H groups in total. The molecular formula is C32H39N5O. The van der Waals surface area contributed by atoms with Crippen molar-refractivity contribution in [1.29, 1.82) is 0 Å². The predicted molar refractivity (Wildman–Crippen MR) is 156 cm³/mol. The second-order valence-electron chi connectivity index (χ2n) is 10.9. The molecule has 4 aromatic rings. The lowest BCUT2D eigenvalue weighted by Crippen LogP contribution is -2.45. The van der Waals surface area contributed by atoms with Gasteiger partial charge in [0, 0.05) is 43.9 Å². The smallest absolute Gasteiger partial charge is 0.254 e. The molecule has 1 aliphatic rings. The Morgan fingerprint density at radius 3 is 2.32 bits per heavy atom. The molecular weight excluding hydrogens is 470 g/mol. The van der Waals surface area contributed by atoms with E-state index in [-0.39, 0.29) is 5.91 Å². The maximum Gasteiger partial charge on any atom is 0.254 e. The first-order chi connectivity index (χ1) is 18.4. The van der Waals surface area contributed by atoms with Crippen LogP contribution in [0.5, 0.6) is 0 Å². The number of para-hydroxylation sites is 1. The number of hydrogen-bond donors (Lipinski definition) is 0. The van der Waals surface area contributed by atoms with Crippen LogP contribution in [0.1, 0.15) is 41.9 Å². The highest BCUT2D eigenvalue weighted by molar-refractivity contribution is 5.98. The highest BCUT2D eigenvalue weighted by atomic mass is 16.2. The zero-order valence-corrected chi connectivity index (χ0v) is 23.1. The van der Waals surface area contributed by atoms with Crippen molar-refractivity contribution in [3.8, 4) is 5.69 Å². The van der Waals surface area contributed by atoms with E-state index < -0.39 is 0 Å². The minimum absolute atomic E-state index is 0.0765. The van der Waals surface area contributed by atoms with E-state index in [0.29, 0.717) is 19.0 Å². The number of carbonyl (C=O) groups excluding carboxylic acids is 1. The molecule has 1 amide bonds. The molecule has 1 fully saturated rings. The summed E-state index contributed by atoms with van der Waals surface area (Å²) in [5.41, 5.74) is 3.90. The summed E-state index contributed by atoms with van der Waals surface area (Å²) < 4.78 is 2.08. The Morgan fingerprint density at radius 1 is 0.921 bits per heavy atom. The molecule has 0 aliphatic carbocycles. The van der Waals surface area contributed by atoms with E-state index in [0.717, 1.165) is 71.7 Å². The zero-order chi connectivity index (χ0) is 26.6. The van der Waals surface area contributed by atoms with Gasteiger partial charge in [-0.05, 0) is 61.3 Å². The third kappa shape index (κ3) is 5.60. The van der Waals surface area contributed by atoms with E-state index >= 15 is 0 Å². The number of rotatable bonds is 8. The van der Waals surface area contributed by atoms with Crippen LogP contribution in [0.3, 0.4) is 0 Å². The zero-order valence-electron chi connectivity index (χ0n) is 23.1. The van der Waals surface area contributed by atoms with Crippen LogP contribution in [0.15, 0.2) is 72.8 Å². The van der Waals surface area contributed by atoms with E-state index in [2.05, 4.69) is 84.8 Å². The molecule has 6 heteroatoms. The molecule has 2 heterocycles. The SMILES string of the molecule is Cc1nn(-c2ccccc2)c(N2CCN(C)CC2)c1CN(CCC(C)C)C(=O)c1ccc2ccccc2c1. The lowest BCUT2D eigenvalue weighted by atomic mass is 10.0. The average Bonchev–Trinajstić information content (AvgIpc) is 3.26. The number of aromatic nitrogens is 2. The molecule has 38 heavy (non-hydrogen) atoms. The second kappa shape index (κ2) is 11.4. The maximum atomic E-state index is 14.0. The highest BCUT2D eigenvalue weighted by Gasteiger charge is 2.27. The van der Waals surface area contributed by atoms with Crippen LogP contribution in [0, 0.1) is 12.8 Å². The van der Waals surface area contributed by atoms with Crippen molar-refractivity contribution in [3.05, 3.63) is 89.6 Å². The van der Waals surface area contributed by atoms with E-state index in [1.54, 1.807) is 0 Å². The van der Waals surface area contributed by atoms with Crippen molar-refractivity contribution in [2.45, 2.75) is 33.7 Å². The van der Waals surface area contributed by atoms with Crippen molar-refractivity contribution < 1.29 is 4.79 Å². The van der Waals surface area contributed by atoms with Crippen molar-refractivity contribution in [3.63, 3.8) is 0 Å². The van der Waals surface area contributed by atoms with Crippen molar-refractivity contribution >= 4 is 22.5 Å². The first-order valence-corrected chi connectivity index (χ1v) is 13.8. The Kier molecular flexibility index (Phi) is 7.79. The van der Waals surface area contributed by atoms with Crippen LogP contribution < -0.4 is 4.90 Å². The summed E-state index contributed by atoms with van der Waals surface area (Å²) in [4.78, 5) is 20.8. The number of anilines is 1. The van der Waals surface area contributed by atoms with Crippen LogP contribution in [0.4, 0.5) is 5.82 Å². The molecule has 0 bridgehead atoms. The van der Waals surface area contributed by atoms with Gasteiger partial charge in [-0.2, -0.15) is 5.10 Å². The Labute approximate surface area is 226 Å². The minimum atomic E-state index is 0.0765. The van der Waals surface area contributed by atoms with Gasteiger partial charge in [0.05, 0.1) is 17.9 Å². The van der Waals surface area contributed by atoms with Gasteiger partial charge in [-0.3, -0.25) is 4.79 Å². The predicted octanol–water partition coefficient (Wildman–Crippen LogP) is 5.77. The molecule has 0 radical (unpaired) electrons. The first-order valence-electron chi connectivity index (χ1n) is 13.8. The molecule has 1 aliphatic heterocycles. The molecule has 0 atom stereocenters. The van der Waals surface area contributed by atoms with Gasteiger partial charge in [-0.15, -0.1) is 0 Å². The number of fused-ring (bicyclic) bond motifs is 1. The third-order valence-electron chi connectivity index (χ3n) is 7.57. The Bertz CT molecular complexity index is 1390. The summed E-state index contributed by atoms with van der Waals surface area (Å²) >= 11 is 0. The average molecular weight is 510 g/mol. The number of aryl methyl sites for hydroxylation is 1. The molecule has 0 unspecified atom stereocenters. The number of carbonyl (C=O) groups is 1. The second-order valence-corrected chi connectivity index (χ2v) is 10.9. The van der Waals surface area contributed by atoms with Gasteiger partial charge in [0.25, 0.3) is 5.91 Å². The minimum Gasteiger partial charge on any atom is -0.354 e. The van der Waals surface area contributed by atoms with Crippen LogP contribution in [0.25, 0.3) is 16.5 Å². The summed E-state index contributed by atoms with van der Waals surface area (Å²) in [6, 6.07) is 24.6. The van der Waals surface area contributed by atoms with Crippen molar-refractivity contribution in [2.24, 2.45) is 5.92 Å². The van der Waals surface area contributed by atoms with Gasteiger partial charge >= 0.3 is 0 Å². The van der Waals surface area contributed by atoms with Gasteiger partial charge in [-0.1, -0.05) is 62.4 Å².